The fourth-order valence-electron chi connectivity index (χ4n) is 1.91. The molecule has 0 aliphatic carbocycles. The maximum atomic E-state index is 11.9. The van der Waals surface area contributed by atoms with Gasteiger partial charge in [-0.25, -0.2) is 13.1 Å². The number of carbonyl (C=O) groups is 1. The summed E-state index contributed by atoms with van der Waals surface area (Å²) in [6.07, 6.45) is 0. The largest absolute Gasteiger partial charge is 0.339 e. The molecule has 8 heteroatoms. The molecule has 2 heterocycles. The van der Waals surface area contributed by atoms with Crippen LogP contribution in [0, 0.1) is 0 Å². The molecule has 0 saturated carbocycles. The van der Waals surface area contributed by atoms with Gasteiger partial charge in [-0.1, -0.05) is 6.07 Å². The molecule has 1 aliphatic heterocycles. The summed E-state index contributed by atoms with van der Waals surface area (Å²) in [5.74, 6) is -0.187. The minimum atomic E-state index is -3.56. The SMILES string of the molecule is CC1CN(C(=O)CNS(=O)(=O)c2cccs2)CCN1. The van der Waals surface area contributed by atoms with Crippen molar-refractivity contribution in [3.8, 4) is 0 Å². The Labute approximate surface area is 116 Å². The molecule has 6 nitrogen and oxygen atoms in total. The van der Waals surface area contributed by atoms with Gasteiger partial charge in [-0.3, -0.25) is 4.79 Å². The van der Waals surface area contributed by atoms with E-state index in [2.05, 4.69) is 10.0 Å². The van der Waals surface area contributed by atoms with E-state index in [4.69, 9.17) is 0 Å². The van der Waals surface area contributed by atoms with Gasteiger partial charge in [-0.05, 0) is 18.4 Å². The van der Waals surface area contributed by atoms with Gasteiger partial charge in [0, 0.05) is 25.7 Å². The van der Waals surface area contributed by atoms with Gasteiger partial charge in [-0.2, -0.15) is 0 Å². The molecular formula is C11H17N3O3S2. The van der Waals surface area contributed by atoms with Crippen molar-refractivity contribution >= 4 is 27.3 Å². The van der Waals surface area contributed by atoms with Crippen LogP contribution in [0.3, 0.4) is 0 Å². The summed E-state index contributed by atoms with van der Waals surface area (Å²) in [5.41, 5.74) is 0. The Hall–Kier alpha value is -0.960. The van der Waals surface area contributed by atoms with Gasteiger partial charge in [0.05, 0.1) is 6.54 Å². The number of piperazine rings is 1. The van der Waals surface area contributed by atoms with Gasteiger partial charge in [0.2, 0.25) is 5.91 Å². The Kier molecular flexibility index (Phi) is 4.56. The molecule has 1 aromatic heterocycles. The first kappa shape index (κ1) is 14.4. The van der Waals surface area contributed by atoms with Crippen LogP contribution in [-0.2, 0) is 14.8 Å². The highest BCUT2D eigenvalue weighted by molar-refractivity contribution is 7.91. The number of nitrogens with one attached hydrogen (secondary N) is 2. The standard InChI is InChI=1S/C11H17N3O3S2/c1-9-8-14(5-4-12-9)10(15)7-13-19(16,17)11-3-2-6-18-11/h2-3,6,9,12-13H,4-5,7-8H2,1H3. The number of sulfonamides is 1. The van der Waals surface area contributed by atoms with Crippen molar-refractivity contribution in [3.63, 3.8) is 0 Å². The molecule has 1 aromatic rings. The lowest BCUT2D eigenvalue weighted by molar-refractivity contribution is -0.131. The maximum absolute atomic E-state index is 11.9. The summed E-state index contributed by atoms with van der Waals surface area (Å²) in [5, 5.41) is 4.92. The van der Waals surface area contributed by atoms with E-state index in [0.29, 0.717) is 13.1 Å². The third kappa shape index (κ3) is 3.75. The van der Waals surface area contributed by atoms with Gasteiger partial charge in [0.25, 0.3) is 10.0 Å². The highest BCUT2D eigenvalue weighted by Gasteiger charge is 2.22. The van der Waals surface area contributed by atoms with Crippen LogP contribution < -0.4 is 10.0 Å². The topological polar surface area (TPSA) is 78.5 Å². The van der Waals surface area contributed by atoms with Crippen LogP contribution >= 0.6 is 11.3 Å². The summed E-state index contributed by atoms with van der Waals surface area (Å²) in [6, 6.07) is 3.43. The lowest BCUT2D eigenvalue weighted by atomic mass is 10.2. The fraction of sp³-hybridized carbons (Fsp3) is 0.545. The van der Waals surface area contributed by atoms with E-state index in [-0.39, 0.29) is 22.7 Å². The second-order valence-electron chi connectivity index (χ2n) is 4.45. The van der Waals surface area contributed by atoms with E-state index in [0.717, 1.165) is 17.9 Å². The second-order valence-corrected chi connectivity index (χ2v) is 7.39. The van der Waals surface area contributed by atoms with E-state index in [1.807, 2.05) is 6.92 Å². The molecule has 1 amide bonds. The zero-order valence-electron chi connectivity index (χ0n) is 10.6. The number of thiophene rings is 1. The van der Waals surface area contributed by atoms with Crippen molar-refractivity contribution in [1.82, 2.24) is 14.9 Å². The van der Waals surface area contributed by atoms with Crippen molar-refractivity contribution in [2.24, 2.45) is 0 Å². The highest BCUT2D eigenvalue weighted by atomic mass is 32.2. The normalized spacial score (nSPS) is 20.5. The zero-order valence-corrected chi connectivity index (χ0v) is 12.3. The molecule has 1 atom stereocenters. The predicted molar refractivity (Wildman–Crippen MR) is 73.6 cm³/mol. The average Bonchev–Trinajstić information content (AvgIpc) is 2.90. The minimum Gasteiger partial charge on any atom is -0.339 e. The Morgan fingerprint density at radius 1 is 1.63 bits per heavy atom. The fourth-order valence-corrected chi connectivity index (χ4v) is 3.93. The van der Waals surface area contributed by atoms with Crippen LogP contribution in [0.15, 0.2) is 21.7 Å². The molecule has 1 fully saturated rings. The number of nitrogens with zero attached hydrogens (tertiary/aromatic N) is 1. The van der Waals surface area contributed by atoms with E-state index in [1.54, 1.807) is 16.3 Å². The Morgan fingerprint density at radius 3 is 3.05 bits per heavy atom. The van der Waals surface area contributed by atoms with Crippen molar-refractivity contribution in [2.75, 3.05) is 26.2 Å². The number of hydrogen-bond donors (Lipinski definition) is 2. The Morgan fingerprint density at radius 2 is 2.42 bits per heavy atom. The van der Waals surface area contributed by atoms with Crippen molar-refractivity contribution < 1.29 is 13.2 Å². The molecular weight excluding hydrogens is 286 g/mol. The predicted octanol–water partition coefficient (Wildman–Crippen LogP) is -0.153. The number of rotatable bonds is 4. The molecule has 0 bridgehead atoms. The number of carbonyl (C=O) groups excluding carboxylic acids is 1. The van der Waals surface area contributed by atoms with E-state index in [9.17, 15) is 13.2 Å². The molecule has 1 unspecified atom stereocenters. The zero-order chi connectivity index (χ0) is 13.9. The first-order valence-corrected chi connectivity index (χ1v) is 8.39. The van der Waals surface area contributed by atoms with Crippen molar-refractivity contribution in [1.29, 1.82) is 0 Å². The van der Waals surface area contributed by atoms with Crippen LogP contribution in [0.2, 0.25) is 0 Å². The van der Waals surface area contributed by atoms with Crippen LogP contribution in [0.25, 0.3) is 0 Å². The molecule has 1 aliphatic rings. The van der Waals surface area contributed by atoms with Gasteiger partial charge >= 0.3 is 0 Å². The first-order chi connectivity index (χ1) is 8.99. The molecule has 1 saturated heterocycles. The van der Waals surface area contributed by atoms with Crippen molar-refractivity contribution in [3.05, 3.63) is 17.5 Å². The smallest absolute Gasteiger partial charge is 0.250 e. The van der Waals surface area contributed by atoms with E-state index in [1.165, 1.54) is 6.07 Å². The van der Waals surface area contributed by atoms with E-state index >= 15 is 0 Å². The lowest BCUT2D eigenvalue weighted by Crippen LogP contribution is -2.53. The number of amides is 1. The monoisotopic (exact) mass is 303 g/mol. The van der Waals surface area contributed by atoms with Gasteiger partial charge in [0.1, 0.15) is 4.21 Å². The van der Waals surface area contributed by atoms with Crippen molar-refractivity contribution in [2.45, 2.75) is 17.2 Å². The molecule has 2 rings (SSSR count). The van der Waals surface area contributed by atoms with Crippen LogP contribution in [0.4, 0.5) is 0 Å². The van der Waals surface area contributed by atoms with Crippen LogP contribution in [0.5, 0.6) is 0 Å². The summed E-state index contributed by atoms with van der Waals surface area (Å²) in [7, 11) is -3.56. The van der Waals surface area contributed by atoms with Crippen LogP contribution in [-0.4, -0.2) is 51.4 Å². The second kappa shape index (κ2) is 6.00. The van der Waals surface area contributed by atoms with Crippen LogP contribution in [0.1, 0.15) is 6.92 Å². The molecule has 2 N–H and O–H groups in total. The first-order valence-electron chi connectivity index (χ1n) is 6.03. The average molecular weight is 303 g/mol. The molecule has 19 heavy (non-hydrogen) atoms. The minimum absolute atomic E-state index is 0.187. The lowest BCUT2D eigenvalue weighted by Gasteiger charge is -2.31. The molecule has 0 radical (unpaired) electrons. The summed E-state index contributed by atoms with van der Waals surface area (Å²) in [6.45, 7) is 3.77. The molecule has 0 spiro atoms. The summed E-state index contributed by atoms with van der Waals surface area (Å²) >= 11 is 1.13. The third-order valence-corrected chi connectivity index (χ3v) is 5.69. The van der Waals surface area contributed by atoms with Gasteiger partial charge in [0.15, 0.2) is 0 Å². The number of hydrogen-bond acceptors (Lipinski definition) is 5. The highest BCUT2D eigenvalue weighted by Crippen LogP contribution is 2.15. The van der Waals surface area contributed by atoms with Gasteiger partial charge in [-0.15, -0.1) is 11.3 Å². The molecule has 0 aromatic carbocycles. The Balaban J connectivity index is 1.90. The summed E-state index contributed by atoms with van der Waals surface area (Å²) in [4.78, 5) is 13.6. The third-order valence-electron chi connectivity index (χ3n) is 2.89. The quantitative estimate of drug-likeness (QED) is 0.811. The van der Waals surface area contributed by atoms with E-state index < -0.39 is 10.0 Å². The maximum Gasteiger partial charge on any atom is 0.250 e. The Bertz CT molecular complexity index is 527. The summed E-state index contributed by atoms with van der Waals surface area (Å²) < 4.78 is 26.3. The molecule has 106 valence electrons. The van der Waals surface area contributed by atoms with Gasteiger partial charge < -0.3 is 10.2 Å².